The number of aromatic nitrogens is 3. The lowest BCUT2D eigenvalue weighted by Gasteiger charge is -2.25. The highest BCUT2D eigenvalue weighted by Gasteiger charge is 2.23. The molecule has 130 valence electrons. The first kappa shape index (κ1) is 17.7. The van der Waals surface area contributed by atoms with E-state index in [1.165, 1.54) is 0 Å². The zero-order chi connectivity index (χ0) is 18.0. The minimum Gasteiger partial charge on any atom is -0.334 e. The van der Waals surface area contributed by atoms with Crippen molar-refractivity contribution in [2.75, 3.05) is 0 Å². The first-order valence-corrected chi connectivity index (χ1v) is 9.06. The van der Waals surface area contributed by atoms with Crippen molar-refractivity contribution in [1.82, 2.24) is 25.6 Å². The summed E-state index contributed by atoms with van der Waals surface area (Å²) in [6.45, 7) is 5.83. The second-order valence-corrected chi connectivity index (χ2v) is 7.96. The lowest BCUT2D eigenvalue weighted by atomic mass is 10.1. The fraction of sp³-hybridized carbons (Fsp3) is 0.278. The fourth-order valence-corrected chi connectivity index (χ4v) is 3.23. The van der Waals surface area contributed by atoms with Gasteiger partial charge in [0.25, 0.3) is 0 Å². The third kappa shape index (κ3) is 4.09. The lowest BCUT2D eigenvalue weighted by molar-refractivity contribution is 0.225. The number of urea groups is 1. The number of fused-ring (bicyclic) bond motifs is 1. The van der Waals surface area contributed by atoms with Crippen LogP contribution in [0.2, 0.25) is 0 Å². The Morgan fingerprint density at radius 2 is 1.80 bits per heavy atom. The second-order valence-electron chi connectivity index (χ2n) is 6.80. The van der Waals surface area contributed by atoms with Gasteiger partial charge < -0.3 is 10.6 Å². The van der Waals surface area contributed by atoms with Gasteiger partial charge in [-0.15, -0.1) is 5.10 Å². The topological polar surface area (TPSA) is 71.8 Å². The van der Waals surface area contributed by atoms with Gasteiger partial charge in [-0.3, -0.25) is 0 Å². The normalized spacial score (nSPS) is 12.8. The molecule has 0 spiro atoms. The van der Waals surface area contributed by atoms with Gasteiger partial charge >= 0.3 is 6.03 Å². The average molecular weight is 449 g/mol. The predicted molar refractivity (Wildman–Crippen MR) is 106 cm³/mol. The Hall–Kier alpha value is -2.16. The average Bonchev–Trinajstić information content (AvgIpc) is 2.95. The first-order valence-electron chi connectivity index (χ1n) is 7.98. The third-order valence-corrected chi connectivity index (χ3v) is 4.56. The van der Waals surface area contributed by atoms with Gasteiger partial charge in [-0.1, -0.05) is 35.5 Å². The smallest absolute Gasteiger partial charge is 0.317 e. The number of amides is 2. The molecule has 0 aliphatic rings. The van der Waals surface area contributed by atoms with Gasteiger partial charge in [-0.2, -0.15) is 0 Å². The van der Waals surface area contributed by atoms with Crippen molar-refractivity contribution < 1.29 is 4.79 Å². The molecule has 1 heterocycles. The highest BCUT2D eigenvalue weighted by atomic mass is 127. The summed E-state index contributed by atoms with van der Waals surface area (Å²) < 4.78 is 2.79. The van der Waals surface area contributed by atoms with Crippen molar-refractivity contribution in [2.45, 2.75) is 32.5 Å². The number of benzene rings is 2. The van der Waals surface area contributed by atoms with Crippen molar-refractivity contribution in [2.24, 2.45) is 0 Å². The molecule has 7 heteroatoms. The molecule has 25 heavy (non-hydrogen) atoms. The third-order valence-electron chi connectivity index (χ3n) is 3.58. The number of rotatable bonds is 3. The van der Waals surface area contributed by atoms with Crippen LogP contribution in [0, 0.1) is 3.57 Å². The summed E-state index contributed by atoms with van der Waals surface area (Å²) in [5, 5.41) is 14.5. The van der Waals surface area contributed by atoms with Crippen LogP contribution in [0.15, 0.2) is 48.5 Å². The Kier molecular flexibility index (Phi) is 4.94. The SMILES string of the molecule is CC(C)(C)NC(=O)NC(c1ccccc1I)n1nnc2ccccc21. The van der Waals surface area contributed by atoms with Gasteiger partial charge in [0.1, 0.15) is 5.52 Å². The van der Waals surface area contributed by atoms with E-state index in [9.17, 15) is 4.79 Å². The maximum atomic E-state index is 12.5. The molecule has 3 rings (SSSR count). The maximum absolute atomic E-state index is 12.5. The zero-order valence-electron chi connectivity index (χ0n) is 14.3. The summed E-state index contributed by atoms with van der Waals surface area (Å²) in [6.07, 6.45) is -0.456. The fourth-order valence-electron chi connectivity index (χ4n) is 2.55. The van der Waals surface area contributed by atoms with Crippen molar-refractivity contribution in [3.63, 3.8) is 0 Å². The lowest BCUT2D eigenvalue weighted by Crippen LogP contribution is -2.48. The maximum Gasteiger partial charge on any atom is 0.317 e. The van der Waals surface area contributed by atoms with Crippen LogP contribution < -0.4 is 10.6 Å². The molecule has 0 fully saturated rings. The van der Waals surface area contributed by atoms with E-state index in [4.69, 9.17) is 0 Å². The van der Waals surface area contributed by atoms with Crippen LogP contribution in [0.25, 0.3) is 11.0 Å². The minimum atomic E-state index is -0.456. The van der Waals surface area contributed by atoms with Gasteiger partial charge in [0, 0.05) is 14.7 Å². The Balaban J connectivity index is 2.04. The first-order chi connectivity index (χ1) is 11.8. The van der Waals surface area contributed by atoms with E-state index in [1.807, 2.05) is 69.3 Å². The molecule has 2 aromatic carbocycles. The second kappa shape index (κ2) is 6.99. The number of hydrogen-bond acceptors (Lipinski definition) is 3. The van der Waals surface area contributed by atoms with Crippen LogP contribution in [-0.4, -0.2) is 26.6 Å². The number of para-hydroxylation sites is 1. The number of hydrogen-bond donors (Lipinski definition) is 2. The molecule has 3 aromatic rings. The summed E-state index contributed by atoms with van der Waals surface area (Å²) in [4.78, 5) is 12.5. The molecule has 0 aliphatic carbocycles. The van der Waals surface area contributed by atoms with Crippen LogP contribution in [-0.2, 0) is 0 Å². The predicted octanol–water partition coefficient (Wildman–Crippen LogP) is 3.68. The number of halogens is 1. The molecule has 6 nitrogen and oxygen atoms in total. The van der Waals surface area contributed by atoms with E-state index in [1.54, 1.807) is 4.68 Å². The number of carbonyl (C=O) groups excluding carboxylic acids is 1. The van der Waals surface area contributed by atoms with Gasteiger partial charge in [0.2, 0.25) is 0 Å². The zero-order valence-corrected chi connectivity index (χ0v) is 16.5. The molecular weight excluding hydrogens is 429 g/mol. The summed E-state index contributed by atoms with van der Waals surface area (Å²) in [5.74, 6) is 0. The molecule has 0 aliphatic heterocycles. The summed E-state index contributed by atoms with van der Waals surface area (Å²) in [7, 11) is 0. The molecule has 1 aromatic heterocycles. The molecular formula is C18H20IN5O. The molecule has 0 bridgehead atoms. The van der Waals surface area contributed by atoms with E-state index in [2.05, 4.69) is 43.5 Å². The number of nitrogens with zero attached hydrogens (tertiary/aromatic N) is 3. The highest BCUT2D eigenvalue weighted by molar-refractivity contribution is 14.1. The van der Waals surface area contributed by atoms with Crippen molar-refractivity contribution in [1.29, 1.82) is 0 Å². The van der Waals surface area contributed by atoms with Gasteiger partial charge in [0.05, 0.1) is 5.52 Å². The van der Waals surface area contributed by atoms with Crippen molar-refractivity contribution in [3.8, 4) is 0 Å². The summed E-state index contributed by atoms with van der Waals surface area (Å²) in [5.41, 5.74) is 2.28. The number of nitrogens with one attached hydrogen (secondary N) is 2. The van der Waals surface area contributed by atoms with Crippen LogP contribution in [0.1, 0.15) is 32.5 Å². The highest BCUT2D eigenvalue weighted by Crippen LogP contribution is 2.24. The van der Waals surface area contributed by atoms with Crippen LogP contribution in [0.5, 0.6) is 0 Å². The van der Waals surface area contributed by atoms with Crippen molar-refractivity contribution >= 4 is 39.7 Å². The van der Waals surface area contributed by atoms with E-state index >= 15 is 0 Å². The van der Waals surface area contributed by atoms with Crippen LogP contribution >= 0.6 is 22.6 Å². The van der Waals surface area contributed by atoms with Crippen LogP contribution in [0.4, 0.5) is 4.79 Å². The minimum absolute atomic E-state index is 0.253. The Bertz CT molecular complexity index is 900. The Morgan fingerprint density at radius 1 is 1.12 bits per heavy atom. The molecule has 0 saturated heterocycles. The standard InChI is InChI=1S/C18H20IN5O/c1-18(2,3)21-17(25)20-16(12-8-4-5-9-13(12)19)24-15-11-7-6-10-14(15)22-23-24/h4-11,16H,1-3H3,(H2,20,21,25). The molecule has 1 unspecified atom stereocenters. The van der Waals surface area contributed by atoms with Crippen molar-refractivity contribution in [3.05, 3.63) is 57.7 Å². The Labute approximate surface area is 160 Å². The van der Waals surface area contributed by atoms with E-state index < -0.39 is 6.17 Å². The molecule has 0 radical (unpaired) electrons. The van der Waals surface area contributed by atoms with E-state index in [0.717, 1.165) is 20.2 Å². The largest absolute Gasteiger partial charge is 0.334 e. The van der Waals surface area contributed by atoms with Gasteiger partial charge in [-0.25, -0.2) is 9.48 Å². The quantitative estimate of drug-likeness (QED) is 0.600. The van der Waals surface area contributed by atoms with E-state index in [-0.39, 0.29) is 11.6 Å². The summed E-state index contributed by atoms with van der Waals surface area (Å²) >= 11 is 2.27. The molecule has 0 saturated carbocycles. The monoisotopic (exact) mass is 449 g/mol. The molecule has 2 N–H and O–H groups in total. The Morgan fingerprint density at radius 3 is 2.52 bits per heavy atom. The molecule has 1 atom stereocenters. The molecule has 2 amide bonds. The van der Waals surface area contributed by atoms with Gasteiger partial charge in [-0.05, 0) is 61.6 Å². The van der Waals surface area contributed by atoms with E-state index in [0.29, 0.717) is 0 Å². The van der Waals surface area contributed by atoms with Crippen LogP contribution in [0.3, 0.4) is 0 Å². The summed E-state index contributed by atoms with van der Waals surface area (Å²) in [6, 6.07) is 15.4. The number of carbonyl (C=O) groups is 1. The van der Waals surface area contributed by atoms with Gasteiger partial charge in [0.15, 0.2) is 6.17 Å².